The molecule has 1 fully saturated rings. The lowest BCUT2D eigenvalue weighted by Crippen LogP contribution is -2.25. The summed E-state index contributed by atoms with van der Waals surface area (Å²) in [6.45, 7) is 2.07. The summed E-state index contributed by atoms with van der Waals surface area (Å²) in [5.74, 6) is 3.00. The monoisotopic (exact) mass is 378 g/mol. The molecule has 0 radical (unpaired) electrons. The minimum atomic E-state index is 0.571. The molecule has 0 amide bonds. The van der Waals surface area contributed by atoms with Crippen molar-refractivity contribution in [3.8, 4) is 11.5 Å². The normalized spacial score (nSPS) is 14.6. The van der Waals surface area contributed by atoms with Crippen molar-refractivity contribution in [1.82, 2.24) is 9.97 Å². The predicted octanol–water partition coefficient (Wildman–Crippen LogP) is 4.77. The molecule has 4 rings (SSSR count). The maximum Gasteiger partial charge on any atom is 0.229 e. The Morgan fingerprint density at radius 1 is 0.893 bits per heavy atom. The van der Waals surface area contributed by atoms with E-state index < -0.39 is 0 Å². The molecule has 6 nitrogen and oxygen atoms in total. The van der Waals surface area contributed by atoms with Crippen molar-refractivity contribution in [1.29, 1.82) is 0 Å². The molecule has 1 saturated heterocycles. The van der Waals surface area contributed by atoms with Crippen LogP contribution in [0, 0.1) is 0 Å². The second kappa shape index (κ2) is 8.33. The van der Waals surface area contributed by atoms with Crippen LogP contribution in [0.25, 0.3) is 10.9 Å². The van der Waals surface area contributed by atoms with Crippen molar-refractivity contribution in [3.63, 3.8) is 0 Å². The molecule has 0 saturated carbocycles. The molecule has 6 heteroatoms. The third kappa shape index (κ3) is 3.81. The third-order valence-electron chi connectivity index (χ3n) is 5.14. The Hall–Kier alpha value is -3.02. The molecule has 1 N–H and O–H groups in total. The van der Waals surface area contributed by atoms with Crippen molar-refractivity contribution in [2.24, 2.45) is 0 Å². The van der Waals surface area contributed by atoms with Gasteiger partial charge in [-0.2, -0.15) is 4.98 Å². The van der Waals surface area contributed by atoms with Crippen LogP contribution in [0.4, 0.5) is 17.5 Å². The third-order valence-corrected chi connectivity index (χ3v) is 5.14. The van der Waals surface area contributed by atoms with Crippen molar-refractivity contribution < 1.29 is 9.47 Å². The molecule has 146 valence electrons. The molecule has 2 aromatic carbocycles. The van der Waals surface area contributed by atoms with Gasteiger partial charge in [0, 0.05) is 24.5 Å². The van der Waals surface area contributed by atoms with Crippen LogP contribution in [0.1, 0.15) is 25.7 Å². The van der Waals surface area contributed by atoms with E-state index in [-0.39, 0.29) is 0 Å². The fraction of sp³-hybridized carbons (Fsp3) is 0.364. The maximum absolute atomic E-state index is 5.50. The van der Waals surface area contributed by atoms with Crippen molar-refractivity contribution in [3.05, 3.63) is 42.5 Å². The molecular weight excluding hydrogens is 352 g/mol. The zero-order valence-corrected chi connectivity index (χ0v) is 16.4. The zero-order chi connectivity index (χ0) is 19.3. The lowest BCUT2D eigenvalue weighted by molar-refractivity contribution is 0.395. The highest BCUT2D eigenvalue weighted by molar-refractivity contribution is 5.91. The Kier molecular flexibility index (Phi) is 5.46. The molecule has 1 aliphatic rings. The minimum absolute atomic E-state index is 0.571. The largest absolute Gasteiger partial charge is 0.497 e. The van der Waals surface area contributed by atoms with Crippen LogP contribution in [0.5, 0.6) is 11.5 Å². The van der Waals surface area contributed by atoms with E-state index in [0.29, 0.717) is 11.7 Å². The van der Waals surface area contributed by atoms with Gasteiger partial charge in [-0.3, -0.25) is 0 Å². The fourth-order valence-corrected chi connectivity index (χ4v) is 3.66. The van der Waals surface area contributed by atoms with Crippen LogP contribution in [-0.2, 0) is 0 Å². The van der Waals surface area contributed by atoms with Crippen LogP contribution in [0.2, 0.25) is 0 Å². The number of fused-ring (bicyclic) bond motifs is 1. The van der Waals surface area contributed by atoms with Crippen molar-refractivity contribution >= 4 is 28.4 Å². The van der Waals surface area contributed by atoms with E-state index in [2.05, 4.69) is 16.3 Å². The van der Waals surface area contributed by atoms with E-state index in [1.165, 1.54) is 25.7 Å². The van der Waals surface area contributed by atoms with Crippen LogP contribution in [-0.4, -0.2) is 37.3 Å². The van der Waals surface area contributed by atoms with Gasteiger partial charge < -0.3 is 19.7 Å². The summed E-state index contributed by atoms with van der Waals surface area (Å²) >= 11 is 0. The van der Waals surface area contributed by atoms with Gasteiger partial charge in [0.2, 0.25) is 5.95 Å². The molecule has 0 atom stereocenters. The maximum atomic E-state index is 5.50. The number of anilines is 3. The predicted molar refractivity (Wildman–Crippen MR) is 113 cm³/mol. The first-order valence-electron chi connectivity index (χ1n) is 9.79. The van der Waals surface area contributed by atoms with Gasteiger partial charge in [-0.15, -0.1) is 0 Å². The number of methoxy groups -OCH3 is 2. The number of nitrogens with zero attached hydrogens (tertiary/aromatic N) is 3. The van der Waals surface area contributed by atoms with Crippen LogP contribution < -0.4 is 19.7 Å². The average molecular weight is 378 g/mol. The number of ether oxygens (including phenoxy) is 2. The topological polar surface area (TPSA) is 59.5 Å². The second-order valence-electron chi connectivity index (χ2n) is 6.98. The first kappa shape index (κ1) is 18.3. The Labute approximate surface area is 165 Å². The highest BCUT2D eigenvalue weighted by atomic mass is 16.5. The first-order chi connectivity index (χ1) is 13.8. The molecule has 3 aromatic rings. The highest BCUT2D eigenvalue weighted by Gasteiger charge is 2.17. The summed E-state index contributed by atoms with van der Waals surface area (Å²) < 4.78 is 10.8. The molecule has 0 aliphatic carbocycles. The summed E-state index contributed by atoms with van der Waals surface area (Å²) in [6, 6.07) is 13.9. The second-order valence-corrected chi connectivity index (χ2v) is 6.98. The number of hydrogen-bond acceptors (Lipinski definition) is 6. The standard InChI is InChI=1S/C22H26N4O2/c1-27-16-11-12-19(20(15-16)28-2)24-22-23-18-10-6-5-9-17(18)21(25-22)26-13-7-3-4-8-14-26/h5-6,9-12,15H,3-4,7-8,13-14H2,1-2H3,(H,23,24,25). The van der Waals surface area contributed by atoms with Crippen molar-refractivity contribution in [2.75, 3.05) is 37.5 Å². The summed E-state index contributed by atoms with van der Waals surface area (Å²) in [6.07, 6.45) is 4.97. The quantitative estimate of drug-likeness (QED) is 0.690. The van der Waals surface area contributed by atoms with E-state index in [0.717, 1.165) is 41.2 Å². The van der Waals surface area contributed by atoms with Gasteiger partial charge >= 0.3 is 0 Å². The van der Waals surface area contributed by atoms with Gasteiger partial charge in [-0.25, -0.2) is 4.98 Å². The molecule has 1 aliphatic heterocycles. The van der Waals surface area contributed by atoms with E-state index in [4.69, 9.17) is 19.4 Å². The van der Waals surface area contributed by atoms with Gasteiger partial charge in [0.15, 0.2) is 0 Å². The van der Waals surface area contributed by atoms with Gasteiger partial charge in [0.25, 0.3) is 0 Å². The lowest BCUT2D eigenvalue weighted by Gasteiger charge is -2.23. The summed E-state index contributed by atoms with van der Waals surface area (Å²) in [5, 5.41) is 4.43. The summed E-state index contributed by atoms with van der Waals surface area (Å²) in [7, 11) is 3.28. The molecule has 28 heavy (non-hydrogen) atoms. The van der Waals surface area contributed by atoms with Gasteiger partial charge in [-0.1, -0.05) is 25.0 Å². The van der Waals surface area contributed by atoms with Gasteiger partial charge in [0.05, 0.1) is 25.4 Å². The van der Waals surface area contributed by atoms with Gasteiger partial charge in [-0.05, 0) is 37.1 Å². The SMILES string of the molecule is COc1ccc(Nc2nc(N3CCCCCC3)c3ccccc3n2)c(OC)c1. The number of nitrogens with one attached hydrogen (secondary N) is 1. The van der Waals surface area contributed by atoms with Gasteiger partial charge in [0.1, 0.15) is 17.3 Å². The Bertz CT molecular complexity index is 952. The number of aromatic nitrogens is 2. The molecule has 0 unspecified atom stereocenters. The van der Waals surface area contributed by atoms with E-state index in [1.807, 2.05) is 36.4 Å². The average Bonchev–Trinajstić information content (AvgIpc) is 3.03. The number of benzene rings is 2. The molecule has 0 spiro atoms. The molecule has 0 bridgehead atoms. The Morgan fingerprint density at radius 3 is 2.43 bits per heavy atom. The van der Waals surface area contributed by atoms with Crippen LogP contribution in [0.15, 0.2) is 42.5 Å². The number of rotatable bonds is 5. The Balaban J connectivity index is 1.73. The van der Waals surface area contributed by atoms with E-state index in [9.17, 15) is 0 Å². The number of hydrogen-bond donors (Lipinski definition) is 1. The first-order valence-corrected chi connectivity index (χ1v) is 9.79. The molecule has 2 heterocycles. The smallest absolute Gasteiger partial charge is 0.229 e. The molecule has 1 aromatic heterocycles. The molecular formula is C22H26N4O2. The number of para-hydroxylation sites is 1. The zero-order valence-electron chi connectivity index (χ0n) is 16.4. The summed E-state index contributed by atoms with van der Waals surface area (Å²) in [5.41, 5.74) is 1.74. The van der Waals surface area contributed by atoms with E-state index >= 15 is 0 Å². The lowest BCUT2D eigenvalue weighted by atomic mass is 10.2. The fourth-order valence-electron chi connectivity index (χ4n) is 3.66. The Morgan fingerprint density at radius 2 is 1.68 bits per heavy atom. The van der Waals surface area contributed by atoms with Crippen molar-refractivity contribution in [2.45, 2.75) is 25.7 Å². The van der Waals surface area contributed by atoms with Crippen LogP contribution in [0.3, 0.4) is 0 Å². The highest BCUT2D eigenvalue weighted by Crippen LogP contribution is 2.33. The summed E-state index contributed by atoms with van der Waals surface area (Å²) in [4.78, 5) is 12.0. The van der Waals surface area contributed by atoms with Crippen LogP contribution >= 0.6 is 0 Å². The van der Waals surface area contributed by atoms with E-state index in [1.54, 1.807) is 14.2 Å². The minimum Gasteiger partial charge on any atom is -0.497 e.